The van der Waals surface area contributed by atoms with Gasteiger partial charge in [-0.2, -0.15) is 0 Å². The maximum atomic E-state index is 5.77. The molecule has 2 saturated heterocycles. The zero-order valence-corrected chi connectivity index (χ0v) is 15.7. The van der Waals surface area contributed by atoms with Gasteiger partial charge in [0, 0.05) is 52.8 Å². The van der Waals surface area contributed by atoms with Crippen LogP contribution in [-0.2, 0) is 9.47 Å². The maximum absolute atomic E-state index is 5.77. The van der Waals surface area contributed by atoms with Gasteiger partial charge in [-0.3, -0.25) is 4.99 Å². The molecule has 21 heavy (non-hydrogen) atoms. The number of nitrogens with zero attached hydrogens (tertiary/aromatic N) is 3. The molecule has 7 heteroatoms. The Hall–Kier alpha value is -0.120. The van der Waals surface area contributed by atoms with Crippen molar-refractivity contribution in [3.63, 3.8) is 0 Å². The molecule has 0 spiro atoms. The van der Waals surface area contributed by atoms with Gasteiger partial charge >= 0.3 is 0 Å². The van der Waals surface area contributed by atoms with Crippen LogP contribution < -0.4 is 5.32 Å². The monoisotopic (exact) mass is 412 g/mol. The van der Waals surface area contributed by atoms with Crippen molar-refractivity contribution in [2.45, 2.75) is 12.5 Å². The van der Waals surface area contributed by atoms with Crippen LogP contribution in [0.15, 0.2) is 4.99 Å². The summed E-state index contributed by atoms with van der Waals surface area (Å²) in [5.74, 6) is 1.61. The topological polar surface area (TPSA) is 49.3 Å². The summed E-state index contributed by atoms with van der Waals surface area (Å²) >= 11 is 0. The Morgan fingerprint density at radius 1 is 1.38 bits per heavy atom. The zero-order chi connectivity index (χ0) is 14.4. The van der Waals surface area contributed by atoms with Crippen molar-refractivity contribution in [2.24, 2.45) is 10.9 Å². The van der Waals surface area contributed by atoms with Crippen LogP contribution in [0.3, 0.4) is 0 Å². The predicted octanol–water partition coefficient (Wildman–Crippen LogP) is 0.479. The van der Waals surface area contributed by atoms with Gasteiger partial charge in [-0.15, -0.1) is 24.0 Å². The van der Waals surface area contributed by atoms with Crippen LogP contribution >= 0.6 is 24.0 Å². The Morgan fingerprint density at radius 2 is 2.19 bits per heavy atom. The third kappa shape index (κ3) is 5.88. The minimum absolute atomic E-state index is 0. The van der Waals surface area contributed by atoms with Crippen molar-refractivity contribution in [2.75, 3.05) is 67.1 Å². The first kappa shape index (κ1) is 18.9. The molecule has 6 nitrogen and oxygen atoms in total. The average Bonchev–Trinajstić information content (AvgIpc) is 2.89. The van der Waals surface area contributed by atoms with Gasteiger partial charge in [0.1, 0.15) is 0 Å². The average molecular weight is 412 g/mol. The van der Waals surface area contributed by atoms with Gasteiger partial charge < -0.3 is 24.6 Å². The minimum Gasteiger partial charge on any atom is -0.384 e. The van der Waals surface area contributed by atoms with Gasteiger partial charge in [0.15, 0.2) is 5.96 Å². The lowest BCUT2D eigenvalue weighted by Gasteiger charge is -2.31. The number of ether oxygens (including phenoxy) is 2. The second-order valence-electron chi connectivity index (χ2n) is 5.74. The molecule has 2 rings (SSSR count). The van der Waals surface area contributed by atoms with E-state index in [1.54, 1.807) is 7.11 Å². The summed E-state index contributed by atoms with van der Waals surface area (Å²) in [4.78, 5) is 9.01. The summed E-state index contributed by atoms with van der Waals surface area (Å²) in [6, 6.07) is 0. The van der Waals surface area contributed by atoms with Gasteiger partial charge in [0.2, 0.25) is 0 Å². The summed E-state index contributed by atoms with van der Waals surface area (Å²) in [6.07, 6.45) is 1.43. The van der Waals surface area contributed by atoms with Crippen molar-refractivity contribution in [3.05, 3.63) is 0 Å². The highest BCUT2D eigenvalue weighted by Gasteiger charge is 2.25. The molecule has 1 N–H and O–H groups in total. The normalized spacial score (nSPS) is 27.6. The number of guanidine groups is 1. The van der Waals surface area contributed by atoms with E-state index in [1.807, 2.05) is 7.05 Å². The van der Waals surface area contributed by atoms with E-state index in [1.165, 1.54) is 6.42 Å². The molecule has 2 fully saturated rings. The van der Waals surface area contributed by atoms with Crippen molar-refractivity contribution < 1.29 is 9.47 Å². The lowest BCUT2D eigenvalue weighted by atomic mass is 10.1. The second kappa shape index (κ2) is 9.81. The standard InChI is InChI=1S/C14H28N4O2.HI/c1-15-14(18-5-4-12(9-18)11-19-3)16-8-13-10-17(2)6-7-20-13;/h12-13H,4-11H2,1-3H3,(H,15,16);1H. The summed E-state index contributed by atoms with van der Waals surface area (Å²) in [5.41, 5.74) is 0. The molecule has 2 unspecified atom stereocenters. The summed E-state index contributed by atoms with van der Waals surface area (Å²) < 4.78 is 11.0. The van der Waals surface area contributed by atoms with E-state index in [4.69, 9.17) is 9.47 Å². The Labute approximate surface area is 145 Å². The third-order valence-corrected chi connectivity index (χ3v) is 4.03. The van der Waals surface area contributed by atoms with Crippen molar-refractivity contribution in [3.8, 4) is 0 Å². The molecule has 0 saturated carbocycles. The fourth-order valence-corrected chi connectivity index (χ4v) is 2.92. The van der Waals surface area contributed by atoms with Gasteiger partial charge in [-0.25, -0.2) is 0 Å². The number of likely N-dealkylation sites (tertiary alicyclic amines) is 1. The maximum Gasteiger partial charge on any atom is 0.193 e. The molecule has 0 amide bonds. The van der Waals surface area contributed by atoms with Crippen LogP contribution in [0.1, 0.15) is 6.42 Å². The van der Waals surface area contributed by atoms with E-state index in [0.29, 0.717) is 5.92 Å². The Balaban J connectivity index is 0.00000220. The predicted molar refractivity (Wildman–Crippen MR) is 95.6 cm³/mol. The van der Waals surface area contributed by atoms with Gasteiger partial charge in [0.25, 0.3) is 0 Å². The highest BCUT2D eigenvalue weighted by Crippen LogP contribution is 2.16. The molecule has 2 aliphatic rings. The zero-order valence-electron chi connectivity index (χ0n) is 13.4. The second-order valence-corrected chi connectivity index (χ2v) is 5.74. The lowest BCUT2D eigenvalue weighted by Crippen LogP contribution is -2.49. The number of aliphatic imine (C=N–C) groups is 1. The molecule has 0 aromatic rings. The van der Waals surface area contributed by atoms with Crippen LogP contribution in [-0.4, -0.2) is 89.0 Å². The van der Waals surface area contributed by atoms with E-state index in [9.17, 15) is 0 Å². The number of methoxy groups -OCH3 is 1. The SMILES string of the molecule is CN=C(NCC1CN(C)CCO1)N1CCC(COC)C1.I. The highest BCUT2D eigenvalue weighted by molar-refractivity contribution is 14.0. The number of nitrogens with one attached hydrogen (secondary N) is 1. The highest BCUT2D eigenvalue weighted by atomic mass is 127. The number of hydrogen-bond donors (Lipinski definition) is 1. The first-order valence-electron chi connectivity index (χ1n) is 7.47. The molecule has 2 aliphatic heterocycles. The molecular weight excluding hydrogens is 383 g/mol. The largest absolute Gasteiger partial charge is 0.384 e. The number of rotatable bonds is 4. The fraction of sp³-hybridized carbons (Fsp3) is 0.929. The van der Waals surface area contributed by atoms with Gasteiger partial charge in [0.05, 0.1) is 19.3 Å². The molecule has 0 bridgehead atoms. The number of halogens is 1. The van der Waals surface area contributed by atoms with E-state index >= 15 is 0 Å². The first-order valence-corrected chi connectivity index (χ1v) is 7.47. The molecular formula is C14H29IN4O2. The summed E-state index contributed by atoms with van der Waals surface area (Å²) in [6.45, 7) is 6.57. The number of likely N-dealkylation sites (N-methyl/N-ethyl adjacent to an activating group) is 1. The molecule has 2 atom stereocenters. The molecule has 0 radical (unpaired) electrons. The van der Waals surface area contributed by atoms with Crippen molar-refractivity contribution in [1.82, 2.24) is 15.1 Å². The number of morpholine rings is 1. The Bertz CT molecular complexity index is 330. The quantitative estimate of drug-likeness (QED) is 0.414. The van der Waals surface area contributed by atoms with Crippen LogP contribution in [0.4, 0.5) is 0 Å². The smallest absolute Gasteiger partial charge is 0.193 e. The van der Waals surface area contributed by atoms with E-state index < -0.39 is 0 Å². The van der Waals surface area contributed by atoms with Gasteiger partial charge in [-0.1, -0.05) is 0 Å². The van der Waals surface area contributed by atoms with Crippen LogP contribution in [0.2, 0.25) is 0 Å². The molecule has 124 valence electrons. The first-order chi connectivity index (χ1) is 9.72. The van der Waals surface area contributed by atoms with E-state index in [2.05, 4.69) is 27.2 Å². The van der Waals surface area contributed by atoms with E-state index in [0.717, 1.165) is 51.9 Å². The van der Waals surface area contributed by atoms with E-state index in [-0.39, 0.29) is 30.1 Å². The molecule has 0 aliphatic carbocycles. The molecule has 0 aromatic carbocycles. The minimum atomic E-state index is 0. The summed E-state index contributed by atoms with van der Waals surface area (Å²) in [5, 5.41) is 3.45. The molecule has 0 aromatic heterocycles. The molecule has 2 heterocycles. The summed E-state index contributed by atoms with van der Waals surface area (Å²) in [7, 11) is 5.76. The van der Waals surface area contributed by atoms with Crippen molar-refractivity contribution in [1.29, 1.82) is 0 Å². The Morgan fingerprint density at radius 3 is 2.86 bits per heavy atom. The van der Waals surface area contributed by atoms with Crippen molar-refractivity contribution >= 4 is 29.9 Å². The Kier molecular flexibility index (Phi) is 8.84. The van der Waals surface area contributed by atoms with Crippen LogP contribution in [0.25, 0.3) is 0 Å². The van der Waals surface area contributed by atoms with Crippen LogP contribution in [0, 0.1) is 5.92 Å². The third-order valence-electron chi connectivity index (χ3n) is 4.03. The fourth-order valence-electron chi connectivity index (χ4n) is 2.92. The van der Waals surface area contributed by atoms with Gasteiger partial charge in [-0.05, 0) is 13.5 Å². The lowest BCUT2D eigenvalue weighted by molar-refractivity contribution is -0.0163. The number of hydrogen-bond acceptors (Lipinski definition) is 4. The van der Waals surface area contributed by atoms with Crippen LogP contribution in [0.5, 0.6) is 0 Å².